The largest absolute Gasteiger partial charge is 0.342 e. The van der Waals surface area contributed by atoms with Crippen LogP contribution in [0.1, 0.15) is 16.7 Å². The topological polar surface area (TPSA) is 28.7 Å². The first-order chi connectivity index (χ1) is 15.2. The number of nitrogens with zero attached hydrogens (tertiary/aromatic N) is 2. The van der Waals surface area contributed by atoms with E-state index in [2.05, 4.69) is 77.5 Å². The highest BCUT2D eigenvalue weighted by molar-refractivity contribution is 6.30. The van der Waals surface area contributed by atoms with Crippen molar-refractivity contribution in [3.63, 3.8) is 0 Å². The molecule has 0 N–H and O–H groups in total. The Kier molecular flexibility index (Phi) is 5.04. The second-order valence-electron chi connectivity index (χ2n) is 7.55. The molecule has 148 valence electrons. The van der Waals surface area contributed by atoms with E-state index in [4.69, 9.17) is 11.6 Å². The molecule has 0 aliphatic rings. The van der Waals surface area contributed by atoms with Gasteiger partial charge in [-0.3, -0.25) is 0 Å². The molecule has 3 heteroatoms. The molecule has 0 atom stereocenters. The fourth-order valence-electron chi connectivity index (χ4n) is 4.13. The van der Waals surface area contributed by atoms with Gasteiger partial charge >= 0.3 is 0 Å². The number of para-hydroxylation sites is 1. The van der Waals surface area contributed by atoms with Crippen LogP contribution in [-0.4, -0.2) is 4.57 Å². The fraction of sp³-hybridized carbons (Fsp3) is 0.0357. The van der Waals surface area contributed by atoms with Crippen LogP contribution in [0.3, 0.4) is 0 Å². The van der Waals surface area contributed by atoms with Crippen molar-refractivity contribution in [2.24, 2.45) is 0 Å². The molecule has 2 nitrogen and oxygen atoms in total. The Bertz CT molecular complexity index is 1480. The molecule has 5 rings (SSSR count). The monoisotopic (exact) mass is 418 g/mol. The van der Waals surface area contributed by atoms with Gasteiger partial charge in [-0.25, -0.2) is 0 Å². The van der Waals surface area contributed by atoms with Gasteiger partial charge in [0.05, 0.1) is 11.6 Å². The molecule has 0 spiro atoms. The third kappa shape index (κ3) is 3.72. The Balaban J connectivity index is 1.63. The Morgan fingerprint density at radius 3 is 2.45 bits per heavy atom. The van der Waals surface area contributed by atoms with Crippen molar-refractivity contribution in [3.05, 3.63) is 119 Å². The van der Waals surface area contributed by atoms with Crippen molar-refractivity contribution in [3.8, 4) is 6.07 Å². The van der Waals surface area contributed by atoms with Crippen LogP contribution >= 0.6 is 11.6 Å². The van der Waals surface area contributed by atoms with E-state index in [1.807, 2.05) is 36.4 Å². The SMILES string of the molecule is N#C/C(=C\c1cn(Cc2cccc3ccccc23)c2ccccc12)c1cccc(Cl)c1. The van der Waals surface area contributed by atoms with E-state index in [0.29, 0.717) is 10.6 Å². The van der Waals surface area contributed by atoms with Crippen LogP contribution < -0.4 is 0 Å². The highest BCUT2D eigenvalue weighted by atomic mass is 35.5. The molecule has 0 saturated carbocycles. The van der Waals surface area contributed by atoms with Gasteiger partial charge in [0, 0.05) is 34.2 Å². The molecule has 1 aromatic heterocycles. The molecule has 5 aromatic rings. The molecule has 0 aliphatic heterocycles. The van der Waals surface area contributed by atoms with Gasteiger partial charge in [0.1, 0.15) is 0 Å². The summed E-state index contributed by atoms with van der Waals surface area (Å²) in [6.45, 7) is 0.759. The maximum absolute atomic E-state index is 9.80. The Hall–Kier alpha value is -3.80. The predicted molar refractivity (Wildman–Crippen MR) is 130 cm³/mol. The lowest BCUT2D eigenvalue weighted by atomic mass is 10.0. The van der Waals surface area contributed by atoms with Crippen molar-refractivity contribution in [2.75, 3.05) is 0 Å². The number of allylic oxidation sites excluding steroid dienone is 1. The van der Waals surface area contributed by atoms with E-state index in [0.717, 1.165) is 28.6 Å². The van der Waals surface area contributed by atoms with Crippen molar-refractivity contribution in [1.82, 2.24) is 4.57 Å². The predicted octanol–water partition coefficient (Wildman–Crippen LogP) is 7.56. The summed E-state index contributed by atoms with van der Waals surface area (Å²) in [6.07, 6.45) is 4.09. The number of aromatic nitrogens is 1. The van der Waals surface area contributed by atoms with E-state index in [-0.39, 0.29) is 0 Å². The number of nitriles is 1. The van der Waals surface area contributed by atoms with Crippen LogP contribution in [0.5, 0.6) is 0 Å². The van der Waals surface area contributed by atoms with Crippen molar-refractivity contribution in [1.29, 1.82) is 5.26 Å². The van der Waals surface area contributed by atoms with E-state index < -0.39 is 0 Å². The van der Waals surface area contributed by atoms with Crippen LogP contribution in [0.25, 0.3) is 33.3 Å². The van der Waals surface area contributed by atoms with Crippen LogP contribution in [0.4, 0.5) is 0 Å². The summed E-state index contributed by atoms with van der Waals surface area (Å²) in [7, 11) is 0. The van der Waals surface area contributed by atoms with Gasteiger partial charge in [0.15, 0.2) is 0 Å². The van der Waals surface area contributed by atoms with Gasteiger partial charge in [-0.2, -0.15) is 5.26 Å². The summed E-state index contributed by atoms with van der Waals surface area (Å²) < 4.78 is 2.26. The molecule has 0 radical (unpaired) electrons. The molecule has 0 amide bonds. The highest BCUT2D eigenvalue weighted by Gasteiger charge is 2.10. The van der Waals surface area contributed by atoms with E-state index in [9.17, 15) is 5.26 Å². The van der Waals surface area contributed by atoms with Gasteiger partial charge < -0.3 is 4.57 Å². The van der Waals surface area contributed by atoms with Crippen LogP contribution in [-0.2, 0) is 6.54 Å². The van der Waals surface area contributed by atoms with Crippen molar-refractivity contribution >= 4 is 44.9 Å². The summed E-state index contributed by atoms with van der Waals surface area (Å²) in [5.74, 6) is 0. The first-order valence-electron chi connectivity index (χ1n) is 10.2. The zero-order chi connectivity index (χ0) is 21.2. The second-order valence-corrected chi connectivity index (χ2v) is 7.98. The lowest BCUT2D eigenvalue weighted by Crippen LogP contribution is -1.98. The maximum atomic E-state index is 9.80. The molecule has 31 heavy (non-hydrogen) atoms. The molecule has 0 aliphatic carbocycles. The van der Waals surface area contributed by atoms with Crippen LogP contribution in [0.2, 0.25) is 5.02 Å². The Morgan fingerprint density at radius 2 is 1.61 bits per heavy atom. The zero-order valence-corrected chi connectivity index (χ0v) is 17.6. The zero-order valence-electron chi connectivity index (χ0n) is 16.8. The number of hydrogen-bond donors (Lipinski definition) is 0. The van der Waals surface area contributed by atoms with Crippen LogP contribution in [0, 0.1) is 11.3 Å². The Morgan fingerprint density at radius 1 is 0.871 bits per heavy atom. The summed E-state index contributed by atoms with van der Waals surface area (Å²) >= 11 is 6.15. The average Bonchev–Trinajstić information content (AvgIpc) is 3.15. The van der Waals surface area contributed by atoms with Gasteiger partial charge in [0.2, 0.25) is 0 Å². The summed E-state index contributed by atoms with van der Waals surface area (Å²) in [6, 6.07) is 33.0. The number of benzene rings is 4. The molecule has 4 aromatic carbocycles. The minimum Gasteiger partial charge on any atom is -0.342 e. The minimum atomic E-state index is 0.593. The standard InChI is InChI=1S/C28H19ClN2/c29-25-11-6-9-21(16-25)23(17-30)15-24-19-31(28-14-4-3-13-27(24)28)18-22-10-5-8-20-7-1-2-12-26(20)22/h1-16,19H,18H2/b23-15+. The fourth-order valence-corrected chi connectivity index (χ4v) is 4.32. The molecule has 0 bridgehead atoms. The average molecular weight is 419 g/mol. The third-order valence-corrected chi connectivity index (χ3v) is 5.83. The molecule has 0 unspecified atom stereocenters. The van der Waals surface area contributed by atoms with Crippen molar-refractivity contribution in [2.45, 2.75) is 6.54 Å². The van der Waals surface area contributed by atoms with Gasteiger partial charge in [-0.1, -0.05) is 84.4 Å². The normalized spacial score (nSPS) is 11.7. The first kappa shape index (κ1) is 19.2. The maximum Gasteiger partial charge on any atom is 0.0998 e. The molecular formula is C28H19ClN2. The molecular weight excluding hydrogens is 400 g/mol. The van der Waals surface area contributed by atoms with Crippen molar-refractivity contribution < 1.29 is 0 Å². The third-order valence-electron chi connectivity index (χ3n) is 5.60. The van der Waals surface area contributed by atoms with Gasteiger partial charge in [-0.15, -0.1) is 0 Å². The second kappa shape index (κ2) is 8.14. The number of fused-ring (bicyclic) bond motifs is 2. The molecule has 0 saturated heterocycles. The summed E-state index contributed by atoms with van der Waals surface area (Å²) in [5.41, 5.74) is 4.85. The lowest BCUT2D eigenvalue weighted by molar-refractivity contribution is 0.842. The number of rotatable bonds is 4. The summed E-state index contributed by atoms with van der Waals surface area (Å²) in [5, 5.41) is 14.0. The minimum absolute atomic E-state index is 0.593. The van der Waals surface area contributed by atoms with E-state index >= 15 is 0 Å². The molecule has 0 fully saturated rings. The van der Waals surface area contributed by atoms with E-state index in [1.54, 1.807) is 0 Å². The van der Waals surface area contributed by atoms with E-state index in [1.165, 1.54) is 16.3 Å². The summed E-state index contributed by atoms with van der Waals surface area (Å²) in [4.78, 5) is 0. The molecule has 1 heterocycles. The quantitative estimate of drug-likeness (QED) is 0.277. The van der Waals surface area contributed by atoms with Crippen LogP contribution in [0.15, 0.2) is 97.2 Å². The first-order valence-corrected chi connectivity index (χ1v) is 10.5. The van der Waals surface area contributed by atoms with Gasteiger partial charge in [0.25, 0.3) is 0 Å². The number of hydrogen-bond acceptors (Lipinski definition) is 1. The highest BCUT2D eigenvalue weighted by Crippen LogP contribution is 2.28. The Labute approximate surface area is 186 Å². The van der Waals surface area contributed by atoms with Gasteiger partial charge in [-0.05, 0) is 46.2 Å². The number of halogens is 1. The smallest absolute Gasteiger partial charge is 0.0998 e. The lowest BCUT2D eigenvalue weighted by Gasteiger charge is -2.09.